The fourth-order valence-corrected chi connectivity index (χ4v) is 4.41. The number of halogens is 1. The van der Waals surface area contributed by atoms with Crippen molar-refractivity contribution in [1.29, 1.82) is 0 Å². The summed E-state index contributed by atoms with van der Waals surface area (Å²) in [4.78, 5) is 0. The Morgan fingerprint density at radius 1 is 1.25 bits per heavy atom. The molecule has 0 aromatic rings. The highest BCUT2D eigenvalue weighted by atomic mass is 79.9. The van der Waals surface area contributed by atoms with E-state index in [1.165, 1.54) is 0 Å². The second kappa shape index (κ2) is 6.97. The summed E-state index contributed by atoms with van der Waals surface area (Å²) >= 11 is 3.40. The zero-order valence-electron chi connectivity index (χ0n) is 10.7. The normalized spacial score (nSPS) is 13.4. The minimum atomic E-state index is -3.15. The highest BCUT2D eigenvalue weighted by molar-refractivity contribution is 9.09. The van der Waals surface area contributed by atoms with Crippen molar-refractivity contribution in [2.24, 2.45) is 5.92 Å². The molecule has 0 rings (SSSR count). The van der Waals surface area contributed by atoms with Gasteiger partial charge in [-0.2, -0.15) is 0 Å². The zero-order valence-corrected chi connectivity index (χ0v) is 13.1. The van der Waals surface area contributed by atoms with Crippen LogP contribution in [0.4, 0.5) is 0 Å². The first-order chi connectivity index (χ1) is 7.31. The first-order valence-electron chi connectivity index (χ1n) is 5.88. The molecule has 0 aromatic heterocycles. The number of sulfonamides is 1. The lowest BCUT2D eigenvalue weighted by molar-refractivity contribution is 0.397. The van der Waals surface area contributed by atoms with Gasteiger partial charge < -0.3 is 0 Å². The fraction of sp³-hybridized carbons (Fsp3) is 1.00. The summed E-state index contributed by atoms with van der Waals surface area (Å²) in [5, 5.41) is 0.661. The van der Waals surface area contributed by atoms with Crippen LogP contribution in [0.15, 0.2) is 0 Å². The van der Waals surface area contributed by atoms with Gasteiger partial charge in [-0.1, -0.05) is 43.6 Å². The van der Waals surface area contributed by atoms with E-state index < -0.39 is 10.0 Å². The zero-order chi connectivity index (χ0) is 12.8. The van der Waals surface area contributed by atoms with Crippen molar-refractivity contribution in [3.05, 3.63) is 0 Å². The summed E-state index contributed by atoms with van der Waals surface area (Å²) in [7, 11) is -3.15. The molecule has 3 nitrogen and oxygen atoms in total. The van der Waals surface area contributed by atoms with Gasteiger partial charge >= 0.3 is 0 Å². The van der Waals surface area contributed by atoms with Crippen LogP contribution in [-0.2, 0) is 10.0 Å². The Hall–Kier alpha value is 0.390. The molecule has 0 unspecified atom stereocenters. The van der Waals surface area contributed by atoms with E-state index in [0.717, 1.165) is 12.8 Å². The van der Waals surface area contributed by atoms with E-state index in [1.54, 1.807) is 0 Å². The lowest BCUT2D eigenvalue weighted by atomic mass is 9.97. The predicted molar refractivity (Wildman–Crippen MR) is 73.5 cm³/mol. The van der Waals surface area contributed by atoms with E-state index in [0.29, 0.717) is 17.7 Å². The first kappa shape index (κ1) is 16.4. The first-order valence-corrected chi connectivity index (χ1v) is 8.65. The molecule has 0 aromatic carbocycles. The highest BCUT2D eigenvalue weighted by Gasteiger charge is 2.29. The maximum atomic E-state index is 11.9. The topological polar surface area (TPSA) is 46.2 Å². The maximum absolute atomic E-state index is 11.9. The number of rotatable bonds is 8. The molecule has 0 saturated heterocycles. The van der Waals surface area contributed by atoms with Crippen molar-refractivity contribution in [2.45, 2.75) is 52.5 Å². The average Bonchev–Trinajstić information content (AvgIpc) is 2.24. The number of nitrogens with one attached hydrogen (secondary N) is 1. The van der Waals surface area contributed by atoms with Crippen molar-refractivity contribution in [2.75, 3.05) is 11.1 Å². The van der Waals surface area contributed by atoms with Crippen LogP contribution in [0.3, 0.4) is 0 Å². The lowest BCUT2D eigenvalue weighted by Crippen LogP contribution is -2.49. The third-order valence-corrected chi connectivity index (χ3v) is 5.54. The molecule has 0 heterocycles. The third kappa shape index (κ3) is 5.64. The van der Waals surface area contributed by atoms with Gasteiger partial charge in [-0.3, -0.25) is 0 Å². The summed E-state index contributed by atoms with van der Waals surface area (Å²) < 4.78 is 26.6. The van der Waals surface area contributed by atoms with Gasteiger partial charge in [0.1, 0.15) is 0 Å². The number of alkyl halides is 1. The van der Waals surface area contributed by atoms with E-state index in [-0.39, 0.29) is 11.3 Å². The van der Waals surface area contributed by atoms with Gasteiger partial charge in [-0.15, -0.1) is 0 Å². The van der Waals surface area contributed by atoms with Crippen LogP contribution >= 0.6 is 15.9 Å². The van der Waals surface area contributed by atoms with Crippen molar-refractivity contribution in [3.63, 3.8) is 0 Å². The molecule has 0 amide bonds. The summed E-state index contributed by atoms with van der Waals surface area (Å²) in [6.07, 6.45) is 2.31. The van der Waals surface area contributed by atoms with Gasteiger partial charge in [-0.25, -0.2) is 13.1 Å². The van der Waals surface area contributed by atoms with Crippen molar-refractivity contribution < 1.29 is 8.42 Å². The molecule has 0 spiro atoms. The highest BCUT2D eigenvalue weighted by Crippen LogP contribution is 2.19. The van der Waals surface area contributed by atoms with E-state index >= 15 is 0 Å². The maximum Gasteiger partial charge on any atom is 0.212 e. The Balaban J connectivity index is 4.54. The van der Waals surface area contributed by atoms with Crippen LogP contribution in [0.5, 0.6) is 0 Å². The molecule has 0 bridgehead atoms. The second-order valence-electron chi connectivity index (χ2n) is 4.72. The molecule has 0 aliphatic heterocycles. The molecule has 1 N–H and O–H groups in total. The summed E-state index contributed by atoms with van der Waals surface area (Å²) in [6, 6.07) is 0. The van der Waals surface area contributed by atoms with E-state index in [9.17, 15) is 8.42 Å². The van der Waals surface area contributed by atoms with Crippen molar-refractivity contribution >= 4 is 26.0 Å². The SMILES string of the molecule is CCC(CC)(CBr)NS(=O)(=O)CCC(C)C. The van der Waals surface area contributed by atoms with Crippen LogP contribution in [0.25, 0.3) is 0 Å². The minimum absolute atomic E-state index is 0.222. The van der Waals surface area contributed by atoms with E-state index in [4.69, 9.17) is 0 Å². The Morgan fingerprint density at radius 2 is 1.75 bits per heavy atom. The Kier molecular flexibility index (Phi) is 7.14. The monoisotopic (exact) mass is 313 g/mol. The van der Waals surface area contributed by atoms with Crippen molar-refractivity contribution in [1.82, 2.24) is 4.72 Å². The van der Waals surface area contributed by atoms with Gasteiger partial charge in [0.05, 0.1) is 5.75 Å². The van der Waals surface area contributed by atoms with Gasteiger partial charge in [0.15, 0.2) is 0 Å². The molecule has 0 saturated carbocycles. The smallest absolute Gasteiger partial charge is 0.212 e. The Bertz CT molecular complexity index is 276. The minimum Gasteiger partial charge on any atom is -0.212 e. The van der Waals surface area contributed by atoms with Gasteiger partial charge in [0.2, 0.25) is 10.0 Å². The van der Waals surface area contributed by atoms with Crippen LogP contribution in [0.1, 0.15) is 47.0 Å². The summed E-state index contributed by atoms with van der Waals surface area (Å²) in [5.74, 6) is 0.637. The molecule has 98 valence electrons. The summed E-state index contributed by atoms with van der Waals surface area (Å²) in [6.45, 7) is 8.09. The lowest BCUT2D eigenvalue weighted by Gasteiger charge is -2.30. The van der Waals surface area contributed by atoms with Crippen LogP contribution in [0, 0.1) is 5.92 Å². The second-order valence-corrected chi connectivity index (χ2v) is 7.13. The Morgan fingerprint density at radius 3 is 2.06 bits per heavy atom. The predicted octanol–water partition coefficient (Wildman–Crippen LogP) is 2.91. The van der Waals surface area contributed by atoms with Gasteiger partial charge in [-0.05, 0) is 25.2 Å². The molecular weight excluding hydrogens is 290 g/mol. The fourth-order valence-electron chi connectivity index (χ4n) is 1.38. The largest absolute Gasteiger partial charge is 0.212 e. The van der Waals surface area contributed by atoms with Crippen LogP contribution in [0.2, 0.25) is 0 Å². The Labute approximate surface area is 109 Å². The standard InChI is InChI=1S/C11H24BrNO2S/c1-5-11(6-2,9-12)13-16(14,15)8-7-10(3)4/h10,13H,5-9H2,1-4H3. The van der Waals surface area contributed by atoms with Crippen LogP contribution in [-0.4, -0.2) is 25.0 Å². The van der Waals surface area contributed by atoms with E-state index in [2.05, 4.69) is 20.7 Å². The summed E-state index contributed by atoms with van der Waals surface area (Å²) in [5.41, 5.74) is -0.324. The number of hydrogen-bond donors (Lipinski definition) is 1. The molecule has 0 aliphatic carbocycles. The molecule has 0 atom stereocenters. The molecule has 0 fully saturated rings. The van der Waals surface area contributed by atoms with E-state index in [1.807, 2.05) is 27.7 Å². The molecule has 0 aliphatic rings. The molecule has 0 radical (unpaired) electrons. The quantitative estimate of drug-likeness (QED) is 0.700. The average molecular weight is 314 g/mol. The van der Waals surface area contributed by atoms with Gasteiger partial charge in [0.25, 0.3) is 0 Å². The molecule has 5 heteroatoms. The van der Waals surface area contributed by atoms with Gasteiger partial charge in [0, 0.05) is 10.9 Å². The third-order valence-electron chi connectivity index (χ3n) is 2.95. The van der Waals surface area contributed by atoms with Crippen molar-refractivity contribution in [3.8, 4) is 0 Å². The molecule has 16 heavy (non-hydrogen) atoms. The number of hydrogen-bond acceptors (Lipinski definition) is 2. The molecular formula is C11H24BrNO2S. The van der Waals surface area contributed by atoms with Crippen LogP contribution < -0.4 is 4.72 Å².